The predicted molar refractivity (Wildman–Crippen MR) is 138 cm³/mol. The van der Waals surface area contributed by atoms with Gasteiger partial charge < -0.3 is 20.3 Å². The van der Waals surface area contributed by atoms with Gasteiger partial charge in [-0.15, -0.1) is 0 Å². The number of nitrogens with zero attached hydrogens (tertiary/aromatic N) is 4. The van der Waals surface area contributed by atoms with Gasteiger partial charge in [0.05, 0.1) is 24.3 Å². The van der Waals surface area contributed by atoms with E-state index in [1.54, 1.807) is 21.8 Å². The van der Waals surface area contributed by atoms with E-state index in [1.807, 2.05) is 61.8 Å². The number of rotatable bonds is 6. The highest BCUT2D eigenvalue weighted by molar-refractivity contribution is 6.08. The SMILES string of the molecule is Cn1cc2ccc(NC(=O)c3ccccc3NCc3ccnc(NC(=O)N4CCOCC4)c3)cc2n1. The maximum Gasteiger partial charge on any atom is 0.323 e. The first-order chi connectivity index (χ1) is 17.5. The number of carbonyl (C=O) groups excluding carboxylic acids is 2. The maximum absolute atomic E-state index is 13.1. The topological polar surface area (TPSA) is 113 Å². The third-order valence-corrected chi connectivity index (χ3v) is 5.89. The number of hydrogen-bond donors (Lipinski definition) is 3. The minimum Gasteiger partial charge on any atom is -0.380 e. The zero-order chi connectivity index (χ0) is 24.9. The normalized spacial score (nSPS) is 13.4. The molecule has 10 heteroatoms. The Balaban J connectivity index is 1.24. The Morgan fingerprint density at radius 1 is 1.03 bits per heavy atom. The van der Waals surface area contributed by atoms with Crippen molar-refractivity contribution in [2.75, 3.05) is 42.3 Å². The van der Waals surface area contributed by atoms with Crippen LogP contribution in [0.4, 0.5) is 22.0 Å². The number of para-hydroxylation sites is 1. The average Bonchev–Trinajstić information content (AvgIpc) is 3.27. The molecule has 1 aliphatic rings. The van der Waals surface area contributed by atoms with Gasteiger partial charge in [-0.2, -0.15) is 5.10 Å². The van der Waals surface area contributed by atoms with E-state index in [4.69, 9.17) is 4.74 Å². The van der Waals surface area contributed by atoms with E-state index in [0.29, 0.717) is 55.6 Å². The van der Waals surface area contributed by atoms with E-state index in [2.05, 4.69) is 26.0 Å². The Morgan fingerprint density at radius 2 is 1.86 bits per heavy atom. The lowest BCUT2D eigenvalue weighted by atomic mass is 10.1. The van der Waals surface area contributed by atoms with Crippen LogP contribution >= 0.6 is 0 Å². The Labute approximate surface area is 208 Å². The molecule has 2 aromatic carbocycles. The second-order valence-electron chi connectivity index (χ2n) is 8.51. The largest absolute Gasteiger partial charge is 0.380 e. The number of anilines is 3. The molecular weight excluding hydrogens is 458 g/mol. The number of carbonyl (C=O) groups is 2. The number of ether oxygens (including phenoxy) is 1. The number of pyridine rings is 1. The van der Waals surface area contributed by atoms with Crippen molar-refractivity contribution in [1.29, 1.82) is 0 Å². The third-order valence-electron chi connectivity index (χ3n) is 5.89. The number of urea groups is 1. The molecule has 0 atom stereocenters. The summed E-state index contributed by atoms with van der Waals surface area (Å²) in [5.41, 5.74) is 3.63. The summed E-state index contributed by atoms with van der Waals surface area (Å²) in [6.45, 7) is 2.64. The van der Waals surface area contributed by atoms with Crippen LogP contribution in [0.25, 0.3) is 10.9 Å². The summed E-state index contributed by atoms with van der Waals surface area (Å²) in [6.07, 6.45) is 3.58. The molecule has 10 nitrogen and oxygen atoms in total. The molecule has 4 aromatic rings. The molecule has 1 saturated heterocycles. The van der Waals surface area contributed by atoms with Crippen LogP contribution in [0.2, 0.25) is 0 Å². The van der Waals surface area contributed by atoms with Crippen molar-refractivity contribution in [2.45, 2.75) is 6.54 Å². The molecule has 2 aromatic heterocycles. The Hall–Kier alpha value is -4.44. The maximum atomic E-state index is 13.1. The van der Waals surface area contributed by atoms with Crippen molar-refractivity contribution in [1.82, 2.24) is 19.7 Å². The summed E-state index contributed by atoms with van der Waals surface area (Å²) < 4.78 is 7.04. The first-order valence-electron chi connectivity index (χ1n) is 11.7. The van der Waals surface area contributed by atoms with E-state index in [9.17, 15) is 9.59 Å². The molecule has 0 spiro atoms. The lowest BCUT2D eigenvalue weighted by Gasteiger charge is -2.26. The molecule has 3 N–H and O–H groups in total. The average molecular weight is 486 g/mol. The van der Waals surface area contributed by atoms with Gasteiger partial charge in [0.1, 0.15) is 5.82 Å². The molecule has 36 heavy (non-hydrogen) atoms. The fraction of sp³-hybridized carbons (Fsp3) is 0.231. The molecule has 184 valence electrons. The zero-order valence-electron chi connectivity index (χ0n) is 19.9. The van der Waals surface area contributed by atoms with Gasteiger partial charge in [0, 0.05) is 55.8 Å². The van der Waals surface area contributed by atoms with Gasteiger partial charge in [-0.3, -0.25) is 14.8 Å². The number of amides is 3. The lowest BCUT2D eigenvalue weighted by molar-refractivity contribution is 0.0564. The van der Waals surface area contributed by atoms with Gasteiger partial charge in [0.15, 0.2) is 0 Å². The van der Waals surface area contributed by atoms with Gasteiger partial charge in [-0.05, 0) is 48.0 Å². The summed E-state index contributed by atoms with van der Waals surface area (Å²) in [5.74, 6) is 0.253. The third kappa shape index (κ3) is 5.44. The molecular formula is C26H27N7O3. The van der Waals surface area contributed by atoms with Crippen molar-refractivity contribution in [3.63, 3.8) is 0 Å². The molecule has 1 fully saturated rings. The molecule has 0 bridgehead atoms. The smallest absolute Gasteiger partial charge is 0.323 e. The Bertz CT molecular complexity index is 1400. The first-order valence-corrected chi connectivity index (χ1v) is 11.7. The number of aryl methyl sites for hydroxylation is 1. The van der Waals surface area contributed by atoms with Crippen molar-refractivity contribution >= 4 is 40.0 Å². The Morgan fingerprint density at radius 3 is 2.72 bits per heavy atom. The molecule has 3 heterocycles. The van der Waals surface area contributed by atoms with Gasteiger partial charge in [-0.25, -0.2) is 9.78 Å². The van der Waals surface area contributed by atoms with Crippen LogP contribution in [-0.2, 0) is 18.3 Å². The quantitative estimate of drug-likeness (QED) is 0.384. The summed E-state index contributed by atoms with van der Waals surface area (Å²) in [6, 6.07) is 16.5. The fourth-order valence-corrected chi connectivity index (χ4v) is 4.06. The van der Waals surface area contributed by atoms with E-state index >= 15 is 0 Å². The zero-order valence-corrected chi connectivity index (χ0v) is 19.9. The predicted octanol–water partition coefficient (Wildman–Crippen LogP) is 3.70. The van der Waals surface area contributed by atoms with E-state index in [-0.39, 0.29) is 11.9 Å². The van der Waals surface area contributed by atoms with Crippen molar-refractivity contribution < 1.29 is 14.3 Å². The molecule has 5 rings (SSSR count). The van der Waals surface area contributed by atoms with Gasteiger partial charge >= 0.3 is 6.03 Å². The highest BCUT2D eigenvalue weighted by Gasteiger charge is 2.17. The van der Waals surface area contributed by atoms with E-state index in [1.165, 1.54) is 0 Å². The summed E-state index contributed by atoms with van der Waals surface area (Å²) >= 11 is 0. The number of aromatic nitrogens is 3. The molecule has 1 aliphatic heterocycles. The molecule has 3 amide bonds. The number of morpholine rings is 1. The highest BCUT2D eigenvalue weighted by Crippen LogP contribution is 2.21. The summed E-state index contributed by atoms with van der Waals surface area (Å²) in [7, 11) is 1.87. The minimum absolute atomic E-state index is 0.193. The number of benzene rings is 2. The first kappa shape index (κ1) is 23.3. The molecule has 0 saturated carbocycles. The highest BCUT2D eigenvalue weighted by atomic mass is 16.5. The van der Waals surface area contributed by atoms with Crippen LogP contribution in [0.15, 0.2) is 67.0 Å². The van der Waals surface area contributed by atoms with Crippen LogP contribution in [0.1, 0.15) is 15.9 Å². The second kappa shape index (κ2) is 10.4. The van der Waals surface area contributed by atoms with Crippen molar-refractivity contribution in [3.05, 3.63) is 78.1 Å². The summed E-state index contributed by atoms with van der Waals surface area (Å²) in [5, 5.41) is 14.5. The number of nitrogens with one attached hydrogen (secondary N) is 3. The minimum atomic E-state index is -0.221. The Kier molecular flexibility index (Phi) is 6.76. The van der Waals surface area contributed by atoms with Gasteiger partial charge in [-0.1, -0.05) is 12.1 Å². The standard InChI is InChI=1S/C26H27N7O3/c1-32-17-19-6-7-20(15-23(19)31-32)29-25(34)21-4-2-3-5-22(21)28-16-18-8-9-27-24(14-18)30-26(35)33-10-12-36-13-11-33/h2-9,14-15,17,28H,10-13,16H2,1H3,(H,29,34)(H,27,30,35). The lowest BCUT2D eigenvalue weighted by Crippen LogP contribution is -2.43. The molecule has 0 unspecified atom stereocenters. The molecule has 0 radical (unpaired) electrons. The monoisotopic (exact) mass is 485 g/mol. The van der Waals surface area contributed by atoms with Gasteiger partial charge in [0.2, 0.25) is 0 Å². The summed E-state index contributed by atoms with van der Waals surface area (Å²) in [4.78, 5) is 31.5. The van der Waals surface area contributed by atoms with Crippen LogP contribution in [-0.4, -0.2) is 57.9 Å². The van der Waals surface area contributed by atoms with Crippen molar-refractivity contribution in [2.24, 2.45) is 7.05 Å². The van der Waals surface area contributed by atoms with Crippen LogP contribution in [0, 0.1) is 0 Å². The van der Waals surface area contributed by atoms with Crippen LogP contribution in [0.3, 0.4) is 0 Å². The van der Waals surface area contributed by atoms with Gasteiger partial charge in [0.25, 0.3) is 5.91 Å². The fourth-order valence-electron chi connectivity index (χ4n) is 4.06. The van der Waals surface area contributed by atoms with E-state index in [0.717, 1.165) is 16.5 Å². The number of fused-ring (bicyclic) bond motifs is 1. The molecule has 0 aliphatic carbocycles. The van der Waals surface area contributed by atoms with Crippen LogP contribution < -0.4 is 16.0 Å². The second-order valence-corrected chi connectivity index (χ2v) is 8.51. The van der Waals surface area contributed by atoms with Crippen molar-refractivity contribution in [3.8, 4) is 0 Å². The van der Waals surface area contributed by atoms with Crippen LogP contribution in [0.5, 0.6) is 0 Å². The van der Waals surface area contributed by atoms with E-state index < -0.39 is 0 Å². The number of hydrogen-bond acceptors (Lipinski definition) is 6.